The molecule has 0 amide bonds. The quantitative estimate of drug-likeness (QED) is 0.847. The van der Waals surface area contributed by atoms with Gasteiger partial charge in [0.15, 0.2) is 5.82 Å². The fourth-order valence-electron chi connectivity index (χ4n) is 2.55. The molecule has 1 saturated heterocycles. The smallest absolute Gasteiger partial charge is 0.232 e. The van der Waals surface area contributed by atoms with Crippen LogP contribution in [0.3, 0.4) is 0 Å². The van der Waals surface area contributed by atoms with E-state index in [4.69, 9.17) is 4.52 Å². The Labute approximate surface area is 113 Å². The molecule has 0 unspecified atom stereocenters. The first kappa shape index (κ1) is 12.4. The van der Waals surface area contributed by atoms with Gasteiger partial charge in [-0.3, -0.25) is 4.90 Å². The Kier molecular flexibility index (Phi) is 3.11. The van der Waals surface area contributed by atoms with E-state index in [2.05, 4.69) is 47.1 Å². The maximum absolute atomic E-state index is 5.22. The van der Waals surface area contributed by atoms with Crippen LogP contribution in [0.1, 0.15) is 34.3 Å². The lowest BCUT2D eigenvalue weighted by molar-refractivity contribution is 0.117. The summed E-state index contributed by atoms with van der Waals surface area (Å²) in [5.41, 5.74) is 4.10. The minimum atomic E-state index is 0.409. The summed E-state index contributed by atoms with van der Waals surface area (Å²) in [4.78, 5) is 6.72. The molecule has 0 bridgehead atoms. The van der Waals surface area contributed by atoms with Gasteiger partial charge in [-0.1, -0.05) is 28.9 Å². The van der Waals surface area contributed by atoms with Crippen molar-refractivity contribution in [1.82, 2.24) is 15.0 Å². The van der Waals surface area contributed by atoms with Crippen LogP contribution in [-0.2, 0) is 6.54 Å². The molecule has 1 fully saturated rings. The third kappa shape index (κ3) is 2.54. The van der Waals surface area contributed by atoms with E-state index in [1.54, 1.807) is 0 Å². The molecule has 0 atom stereocenters. The number of aromatic nitrogens is 2. The highest BCUT2D eigenvalue weighted by molar-refractivity contribution is 5.30. The van der Waals surface area contributed by atoms with Crippen LogP contribution in [-0.4, -0.2) is 28.1 Å². The highest BCUT2D eigenvalue weighted by Crippen LogP contribution is 2.27. The molecule has 1 aliphatic rings. The molecule has 3 rings (SSSR count). The van der Waals surface area contributed by atoms with Crippen molar-refractivity contribution in [3.63, 3.8) is 0 Å². The third-order valence-corrected chi connectivity index (χ3v) is 3.75. The first-order valence-corrected chi connectivity index (χ1v) is 6.70. The van der Waals surface area contributed by atoms with Crippen molar-refractivity contribution in [3.8, 4) is 0 Å². The van der Waals surface area contributed by atoms with E-state index in [0.717, 1.165) is 31.3 Å². The highest BCUT2D eigenvalue weighted by atomic mass is 16.5. The van der Waals surface area contributed by atoms with E-state index in [1.807, 2.05) is 6.92 Å². The Hall–Kier alpha value is -1.68. The molecule has 0 aliphatic carbocycles. The molecule has 2 heterocycles. The van der Waals surface area contributed by atoms with E-state index < -0.39 is 0 Å². The zero-order valence-electron chi connectivity index (χ0n) is 11.7. The average Bonchev–Trinajstić information content (AvgIpc) is 2.73. The van der Waals surface area contributed by atoms with Crippen LogP contribution < -0.4 is 0 Å². The van der Waals surface area contributed by atoms with Crippen LogP contribution in [0.4, 0.5) is 0 Å². The second-order valence-electron chi connectivity index (χ2n) is 5.50. The predicted octanol–water partition coefficient (Wildman–Crippen LogP) is 2.59. The van der Waals surface area contributed by atoms with Gasteiger partial charge >= 0.3 is 0 Å². The first-order valence-electron chi connectivity index (χ1n) is 6.70. The zero-order valence-corrected chi connectivity index (χ0v) is 11.7. The topological polar surface area (TPSA) is 42.2 Å². The van der Waals surface area contributed by atoms with Crippen LogP contribution in [0.25, 0.3) is 0 Å². The number of rotatable bonds is 3. The molecule has 4 heteroatoms. The van der Waals surface area contributed by atoms with E-state index >= 15 is 0 Å². The summed E-state index contributed by atoms with van der Waals surface area (Å²) in [6.07, 6.45) is 0. The molecule has 19 heavy (non-hydrogen) atoms. The number of hydrogen-bond donors (Lipinski definition) is 0. The van der Waals surface area contributed by atoms with Crippen LogP contribution in [0, 0.1) is 20.8 Å². The van der Waals surface area contributed by atoms with Crippen molar-refractivity contribution in [2.75, 3.05) is 13.1 Å². The summed E-state index contributed by atoms with van der Waals surface area (Å²) >= 11 is 0. The molecular formula is C15H19N3O. The monoisotopic (exact) mass is 257 g/mol. The highest BCUT2D eigenvalue weighted by Gasteiger charge is 2.32. The molecule has 1 aliphatic heterocycles. The summed E-state index contributed by atoms with van der Waals surface area (Å²) in [5, 5.41) is 3.85. The lowest BCUT2D eigenvalue weighted by Crippen LogP contribution is -2.44. The molecule has 0 spiro atoms. The molecular weight excluding hydrogens is 238 g/mol. The fourth-order valence-corrected chi connectivity index (χ4v) is 2.55. The van der Waals surface area contributed by atoms with Crippen LogP contribution >= 0.6 is 0 Å². The lowest BCUT2D eigenvalue weighted by Gasteiger charge is -2.37. The van der Waals surface area contributed by atoms with Gasteiger partial charge in [0.25, 0.3) is 0 Å². The Morgan fingerprint density at radius 2 is 2.05 bits per heavy atom. The number of aryl methyl sites for hydroxylation is 3. The molecule has 0 saturated carbocycles. The van der Waals surface area contributed by atoms with Gasteiger partial charge in [-0.2, -0.15) is 4.98 Å². The Bertz CT molecular complexity index is 585. The Morgan fingerprint density at radius 1 is 1.26 bits per heavy atom. The van der Waals surface area contributed by atoms with Crippen molar-refractivity contribution >= 4 is 0 Å². The maximum atomic E-state index is 5.22. The second-order valence-corrected chi connectivity index (χ2v) is 5.50. The van der Waals surface area contributed by atoms with E-state index in [0.29, 0.717) is 5.92 Å². The van der Waals surface area contributed by atoms with Gasteiger partial charge in [0.05, 0.1) is 5.92 Å². The van der Waals surface area contributed by atoms with E-state index in [-0.39, 0.29) is 0 Å². The van der Waals surface area contributed by atoms with Crippen molar-refractivity contribution in [3.05, 3.63) is 46.6 Å². The van der Waals surface area contributed by atoms with Crippen LogP contribution in [0.15, 0.2) is 22.7 Å². The largest absolute Gasteiger partial charge is 0.339 e. The molecule has 1 aromatic heterocycles. The summed E-state index contributed by atoms with van der Waals surface area (Å²) < 4.78 is 5.22. The summed E-state index contributed by atoms with van der Waals surface area (Å²) in [5.74, 6) is 1.92. The van der Waals surface area contributed by atoms with E-state index in [1.165, 1.54) is 16.7 Å². The molecule has 0 N–H and O–H groups in total. The minimum absolute atomic E-state index is 0.409. The normalized spacial score (nSPS) is 16.6. The van der Waals surface area contributed by atoms with Gasteiger partial charge in [0, 0.05) is 19.6 Å². The minimum Gasteiger partial charge on any atom is -0.339 e. The SMILES string of the molecule is Cc1ccc(C)c(CN2CC(c3nc(C)no3)C2)c1. The molecule has 4 nitrogen and oxygen atoms in total. The fraction of sp³-hybridized carbons (Fsp3) is 0.467. The molecule has 1 aromatic carbocycles. The number of hydrogen-bond acceptors (Lipinski definition) is 4. The predicted molar refractivity (Wildman–Crippen MR) is 73.0 cm³/mol. The van der Waals surface area contributed by atoms with Crippen molar-refractivity contribution in [1.29, 1.82) is 0 Å². The Morgan fingerprint density at radius 3 is 2.74 bits per heavy atom. The van der Waals surface area contributed by atoms with Gasteiger partial charge in [0.2, 0.25) is 5.89 Å². The average molecular weight is 257 g/mol. The lowest BCUT2D eigenvalue weighted by atomic mass is 9.97. The van der Waals surface area contributed by atoms with Gasteiger partial charge < -0.3 is 4.52 Å². The summed E-state index contributed by atoms with van der Waals surface area (Å²) in [6.45, 7) is 9.21. The van der Waals surface area contributed by atoms with Gasteiger partial charge in [0.1, 0.15) is 0 Å². The zero-order chi connectivity index (χ0) is 13.4. The van der Waals surface area contributed by atoms with Gasteiger partial charge in [-0.05, 0) is 31.9 Å². The summed E-state index contributed by atoms with van der Waals surface area (Å²) in [7, 11) is 0. The third-order valence-electron chi connectivity index (χ3n) is 3.75. The standard InChI is InChI=1S/C15H19N3O/c1-10-4-5-11(2)13(6-10)7-18-8-14(9-18)15-16-12(3)17-19-15/h4-6,14H,7-9H2,1-3H3. The van der Waals surface area contributed by atoms with Crippen molar-refractivity contribution < 1.29 is 4.52 Å². The second kappa shape index (κ2) is 4.78. The maximum Gasteiger partial charge on any atom is 0.232 e. The number of likely N-dealkylation sites (tertiary alicyclic amines) is 1. The summed E-state index contributed by atoms with van der Waals surface area (Å²) in [6, 6.07) is 6.64. The van der Waals surface area contributed by atoms with Crippen LogP contribution in [0.2, 0.25) is 0 Å². The molecule has 0 radical (unpaired) electrons. The Balaban J connectivity index is 1.61. The molecule has 2 aromatic rings. The van der Waals surface area contributed by atoms with E-state index in [9.17, 15) is 0 Å². The first-order chi connectivity index (χ1) is 9.11. The van der Waals surface area contributed by atoms with Gasteiger partial charge in [-0.15, -0.1) is 0 Å². The number of nitrogens with zero attached hydrogens (tertiary/aromatic N) is 3. The molecule has 100 valence electrons. The number of benzene rings is 1. The van der Waals surface area contributed by atoms with Crippen LogP contribution in [0.5, 0.6) is 0 Å². The van der Waals surface area contributed by atoms with Crippen molar-refractivity contribution in [2.24, 2.45) is 0 Å². The van der Waals surface area contributed by atoms with Crippen molar-refractivity contribution in [2.45, 2.75) is 33.2 Å². The van der Waals surface area contributed by atoms with Gasteiger partial charge in [-0.25, -0.2) is 0 Å².